The Hall–Kier alpha value is -1.61. The lowest BCUT2D eigenvalue weighted by atomic mass is 10.0. The van der Waals surface area contributed by atoms with Crippen LogP contribution in [-0.2, 0) is 13.0 Å². The summed E-state index contributed by atoms with van der Waals surface area (Å²) in [5.74, 6) is 0. The van der Waals surface area contributed by atoms with Crippen LogP contribution in [0, 0.1) is 0 Å². The number of aromatic nitrogens is 1. The second kappa shape index (κ2) is 3.87. The second-order valence-corrected chi connectivity index (χ2v) is 3.54. The molecular weight excluding hydrogens is 188 g/mol. The summed E-state index contributed by atoms with van der Waals surface area (Å²) in [6.07, 6.45) is 2.69. The number of rotatable bonds is 2. The highest BCUT2D eigenvalue weighted by atomic mass is 16.1. The lowest BCUT2D eigenvalue weighted by Crippen LogP contribution is -2.11. The highest BCUT2D eigenvalue weighted by molar-refractivity contribution is 5.87. The topological polar surface area (TPSA) is 58.9 Å². The second-order valence-electron chi connectivity index (χ2n) is 3.54. The third-order valence-corrected chi connectivity index (χ3v) is 2.70. The average molecular weight is 202 g/mol. The first-order chi connectivity index (χ1) is 7.27. The number of pyridine rings is 1. The summed E-state index contributed by atoms with van der Waals surface area (Å²) in [4.78, 5) is 14.5. The normalized spacial score (nSPS) is 10.8. The van der Waals surface area contributed by atoms with Gasteiger partial charge in [0.15, 0.2) is 0 Å². The van der Waals surface area contributed by atoms with Crippen molar-refractivity contribution in [3.63, 3.8) is 0 Å². The van der Waals surface area contributed by atoms with Crippen LogP contribution in [0.1, 0.15) is 18.1 Å². The Bertz CT molecular complexity index is 543. The van der Waals surface area contributed by atoms with Crippen LogP contribution >= 0.6 is 0 Å². The zero-order valence-electron chi connectivity index (χ0n) is 8.71. The van der Waals surface area contributed by atoms with Crippen molar-refractivity contribution in [2.75, 3.05) is 0 Å². The van der Waals surface area contributed by atoms with Crippen molar-refractivity contribution in [2.45, 2.75) is 19.9 Å². The molecule has 15 heavy (non-hydrogen) atoms. The molecule has 0 amide bonds. The number of hydrogen-bond acceptors (Lipinski definition) is 2. The molecule has 0 aliphatic heterocycles. The minimum atomic E-state index is -0.0525. The van der Waals surface area contributed by atoms with Crippen molar-refractivity contribution in [3.05, 3.63) is 45.9 Å². The molecule has 0 spiro atoms. The maximum absolute atomic E-state index is 11.7. The van der Waals surface area contributed by atoms with E-state index < -0.39 is 0 Å². The summed E-state index contributed by atoms with van der Waals surface area (Å²) >= 11 is 0. The van der Waals surface area contributed by atoms with E-state index in [0.29, 0.717) is 6.54 Å². The van der Waals surface area contributed by atoms with Gasteiger partial charge in [-0.15, -0.1) is 0 Å². The molecule has 0 atom stereocenters. The third kappa shape index (κ3) is 1.55. The van der Waals surface area contributed by atoms with Gasteiger partial charge in [0.25, 0.3) is 5.56 Å². The van der Waals surface area contributed by atoms with E-state index in [2.05, 4.69) is 11.9 Å². The number of aromatic amines is 1. The fourth-order valence-electron chi connectivity index (χ4n) is 1.90. The van der Waals surface area contributed by atoms with Crippen molar-refractivity contribution in [2.24, 2.45) is 5.73 Å². The van der Waals surface area contributed by atoms with Crippen molar-refractivity contribution < 1.29 is 0 Å². The highest BCUT2D eigenvalue weighted by Crippen LogP contribution is 2.18. The van der Waals surface area contributed by atoms with Crippen LogP contribution in [0.2, 0.25) is 0 Å². The van der Waals surface area contributed by atoms with Crippen LogP contribution in [-0.4, -0.2) is 4.98 Å². The standard InChI is InChI=1S/C12H14N2O/c1-2-8-7-14-12(15)11-9(6-13)4-3-5-10(8)11/h3-5,7H,2,6,13H2,1H3,(H,14,15). The molecule has 2 aromatic rings. The maximum atomic E-state index is 11.7. The van der Waals surface area contributed by atoms with Crippen LogP contribution in [0.3, 0.4) is 0 Å². The predicted octanol–water partition coefficient (Wildman–Crippen LogP) is 1.55. The molecule has 0 fully saturated rings. The zero-order chi connectivity index (χ0) is 10.8. The monoisotopic (exact) mass is 202 g/mol. The number of H-pyrrole nitrogens is 1. The molecule has 0 saturated carbocycles. The van der Waals surface area contributed by atoms with Gasteiger partial charge in [-0.05, 0) is 22.9 Å². The smallest absolute Gasteiger partial charge is 0.256 e. The van der Waals surface area contributed by atoms with Gasteiger partial charge in [0, 0.05) is 12.7 Å². The molecule has 0 bridgehead atoms. The summed E-state index contributed by atoms with van der Waals surface area (Å²) in [6.45, 7) is 2.47. The SMILES string of the molecule is CCc1c[nH]c(=O)c2c(CN)cccc12. The molecule has 1 aromatic carbocycles. The first-order valence-electron chi connectivity index (χ1n) is 5.10. The van der Waals surface area contributed by atoms with Crippen molar-refractivity contribution >= 4 is 10.8 Å². The van der Waals surface area contributed by atoms with Crippen LogP contribution in [0.25, 0.3) is 10.8 Å². The van der Waals surface area contributed by atoms with Gasteiger partial charge < -0.3 is 10.7 Å². The van der Waals surface area contributed by atoms with Gasteiger partial charge in [-0.2, -0.15) is 0 Å². The van der Waals surface area contributed by atoms with E-state index in [0.717, 1.165) is 28.3 Å². The van der Waals surface area contributed by atoms with Crippen LogP contribution < -0.4 is 11.3 Å². The first-order valence-corrected chi connectivity index (χ1v) is 5.10. The molecular formula is C12H14N2O. The van der Waals surface area contributed by atoms with E-state index in [1.807, 2.05) is 18.2 Å². The molecule has 0 aliphatic rings. The number of nitrogens with two attached hydrogens (primary N) is 1. The van der Waals surface area contributed by atoms with Gasteiger partial charge in [0.2, 0.25) is 0 Å². The van der Waals surface area contributed by atoms with Gasteiger partial charge in [-0.25, -0.2) is 0 Å². The van der Waals surface area contributed by atoms with E-state index in [1.165, 1.54) is 0 Å². The first kappa shape index (κ1) is 9.93. The number of hydrogen-bond donors (Lipinski definition) is 2. The lowest BCUT2D eigenvalue weighted by Gasteiger charge is -2.06. The number of fused-ring (bicyclic) bond motifs is 1. The van der Waals surface area contributed by atoms with Crippen LogP contribution in [0.4, 0.5) is 0 Å². The van der Waals surface area contributed by atoms with Crippen molar-refractivity contribution in [1.82, 2.24) is 4.98 Å². The van der Waals surface area contributed by atoms with E-state index in [9.17, 15) is 4.79 Å². The van der Waals surface area contributed by atoms with Gasteiger partial charge in [0.1, 0.15) is 0 Å². The summed E-state index contributed by atoms with van der Waals surface area (Å²) in [5, 5.41) is 1.75. The van der Waals surface area contributed by atoms with Crippen LogP contribution in [0.15, 0.2) is 29.2 Å². The highest BCUT2D eigenvalue weighted by Gasteiger charge is 2.06. The summed E-state index contributed by atoms with van der Waals surface area (Å²) in [7, 11) is 0. The summed E-state index contributed by atoms with van der Waals surface area (Å²) in [5.41, 5.74) is 7.63. The summed E-state index contributed by atoms with van der Waals surface area (Å²) < 4.78 is 0. The minimum Gasteiger partial charge on any atom is -0.328 e. The Labute approximate surface area is 87.9 Å². The Balaban J connectivity index is 2.93. The van der Waals surface area contributed by atoms with Gasteiger partial charge in [-0.1, -0.05) is 25.1 Å². The van der Waals surface area contributed by atoms with Crippen LogP contribution in [0.5, 0.6) is 0 Å². The van der Waals surface area contributed by atoms with E-state index >= 15 is 0 Å². The molecule has 3 heteroatoms. The fourth-order valence-corrected chi connectivity index (χ4v) is 1.90. The Morgan fingerprint density at radius 3 is 2.80 bits per heavy atom. The Morgan fingerprint density at radius 2 is 2.13 bits per heavy atom. The average Bonchev–Trinajstić information content (AvgIpc) is 2.29. The maximum Gasteiger partial charge on any atom is 0.256 e. The number of aryl methyl sites for hydroxylation is 1. The van der Waals surface area contributed by atoms with Gasteiger partial charge in [-0.3, -0.25) is 4.79 Å². The number of benzene rings is 1. The molecule has 0 aliphatic carbocycles. The van der Waals surface area contributed by atoms with E-state index in [-0.39, 0.29) is 5.56 Å². The minimum absolute atomic E-state index is 0.0525. The quantitative estimate of drug-likeness (QED) is 0.776. The molecule has 2 rings (SSSR count). The Morgan fingerprint density at radius 1 is 1.33 bits per heavy atom. The lowest BCUT2D eigenvalue weighted by molar-refractivity contribution is 1.07. The molecule has 1 heterocycles. The molecule has 3 nitrogen and oxygen atoms in total. The van der Waals surface area contributed by atoms with Gasteiger partial charge >= 0.3 is 0 Å². The zero-order valence-corrected chi connectivity index (χ0v) is 8.71. The molecule has 78 valence electrons. The van der Waals surface area contributed by atoms with E-state index in [4.69, 9.17) is 5.73 Å². The largest absolute Gasteiger partial charge is 0.328 e. The molecule has 1 aromatic heterocycles. The molecule has 0 saturated heterocycles. The fraction of sp³-hybridized carbons (Fsp3) is 0.250. The summed E-state index contributed by atoms with van der Waals surface area (Å²) in [6, 6.07) is 5.82. The van der Waals surface area contributed by atoms with Crippen molar-refractivity contribution in [3.8, 4) is 0 Å². The molecule has 0 unspecified atom stereocenters. The molecule has 3 N–H and O–H groups in total. The number of nitrogens with one attached hydrogen (secondary N) is 1. The van der Waals surface area contributed by atoms with Gasteiger partial charge in [0.05, 0.1) is 5.39 Å². The third-order valence-electron chi connectivity index (χ3n) is 2.70. The van der Waals surface area contributed by atoms with Crippen molar-refractivity contribution in [1.29, 1.82) is 0 Å². The molecule has 0 radical (unpaired) electrons. The Kier molecular flexibility index (Phi) is 2.56. The van der Waals surface area contributed by atoms with E-state index in [1.54, 1.807) is 6.20 Å². The predicted molar refractivity (Wildman–Crippen MR) is 61.8 cm³/mol.